The fourth-order valence-corrected chi connectivity index (χ4v) is 5.19. The molecule has 2 aliphatic heterocycles. The van der Waals surface area contributed by atoms with Crippen LogP contribution in [-0.4, -0.2) is 75.6 Å². The highest BCUT2D eigenvalue weighted by atomic mass is 32.2. The number of aromatic nitrogens is 1. The minimum atomic E-state index is -0.346. The average molecular weight is 448 g/mol. The van der Waals surface area contributed by atoms with E-state index in [4.69, 9.17) is 12.2 Å². The summed E-state index contributed by atoms with van der Waals surface area (Å²) in [6.45, 7) is 7.71. The van der Waals surface area contributed by atoms with Gasteiger partial charge in [0.25, 0.3) is 11.5 Å². The number of pyridine rings is 1. The zero-order chi connectivity index (χ0) is 22.0. The van der Waals surface area contributed by atoms with E-state index in [9.17, 15) is 20.0 Å². The van der Waals surface area contributed by atoms with Crippen LogP contribution < -0.4 is 10.5 Å². The van der Waals surface area contributed by atoms with Crippen LogP contribution in [0.4, 0.5) is 5.82 Å². The molecule has 3 rings (SSSR count). The van der Waals surface area contributed by atoms with Crippen molar-refractivity contribution in [2.75, 3.05) is 50.8 Å². The lowest BCUT2D eigenvalue weighted by Crippen LogP contribution is -2.49. The molecular formula is C20H25N5O3S2. The quantitative estimate of drug-likeness (QED) is 0.526. The van der Waals surface area contributed by atoms with Crippen LogP contribution in [0.2, 0.25) is 0 Å². The van der Waals surface area contributed by atoms with Crippen molar-refractivity contribution >= 4 is 46.1 Å². The minimum absolute atomic E-state index is 0.0809. The number of nitriles is 1. The first-order valence-corrected chi connectivity index (χ1v) is 11.0. The molecule has 2 saturated heterocycles. The van der Waals surface area contributed by atoms with E-state index in [1.54, 1.807) is 24.9 Å². The van der Waals surface area contributed by atoms with Gasteiger partial charge in [-0.05, 0) is 25.5 Å². The number of rotatable bonds is 5. The number of nitrogens with zero attached hydrogens (tertiary/aromatic N) is 5. The number of piperazine rings is 1. The van der Waals surface area contributed by atoms with E-state index >= 15 is 0 Å². The largest absolute Gasteiger partial charge is 0.395 e. The maximum absolute atomic E-state index is 12.8. The molecule has 30 heavy (non-hydrogen) atoms. The molecule has 10 heteroatoms. The molecule has 1 amide bonds. The molecule has 0 atom stereocenters. The van der Waals surface area contributed by atoms with E-state index in [-0.39, 0.29) is 23.6 Å². The van der Waals surface area contributed by atoms with Crippen molar-refractivity contribution < 1.29 is 9.90 Å². The van der Waals surface area contributed by atoms with Gasteiger partial charge in [-0.2, -0.15) is 5.26 Å². The van der Waals surface area contributed by atoms with Gasteiger partial charge in [0.1, 0.15) is 21.8 Å². The van der Waals surface area contributed by atoms with Crippen molar-refractivity contribution in [3.05, 3.63) is 31.9 Å². The standard InChI is InChI=1S/C20H25N5O3S2/c1-4-25-19(28)16(30-20(25)29)11-14-13(2)15(12-21)18(27)22(3)17(14)24-7-5-23(6-8-24)9-10-26/h11,26H,4-10H2,1-3H3/b16-11-. The number of anilines is 1. The third-order valence-electron chi connectivity index (χ3n) is 5.52. The molecule has 0 spiro atoms. The van der Waals surface area contributed by atoms with E-state index in [2.05, 4.69) is 9.80 Å². The molecule has 8 nitrogen and oxygen atoms in total. The molecule has 1 aromatic rings. The van der Waals surface area contributed by atoms with E-state index in [0.717, 1.165) is 13.1 Å². The molecule has 3 heterocycles. The first kappa shape index (κ1) is 22.5. The third-order valence-corrected chi connectivity index (χ3v) is 6.90. The second-order valence-corrected chi connectivity index (χ2v) is 8.87. The summed E-state index contributed by atoms with van der Waals surface area (Å²) < 4.78 is 2.01. The van der Waals surface area contributed by atoms with Crippen molar-refractivity contribution in [3.63, 3.8) is 0 Å². The zero-order valence-corrected chi connectivity index (χ0v) is 19.0. The molecule has 0 saturated carbocycles. The molecule has 0 aliphatic carbocycles. The Bertz CT molecular complexity index is 1000. The van der Waals surface area contributed by atoms with Crippen molar-refractivity contribution in [2.24, 2.45) is 7.05 Å². The van der Waals surface area contributed by atoms with Gasteiger partial charge in [0.2, 0.25) is 0 Å². The number of hydrogen-bond acceptors (Lipinski definition) is 8. The van der Waals surface area contributed by atoms with Gasteiger partial charge in [-0.25, -0.2) is 0 Å². The van der Waals surface area contributed by atoms with E-state index < -0.39 is 0 Å². The molecular weight excluding hydrogens is 422 g/mol. The van der Waals surface area contributed by atoms with Crippen LogP contribution in [0, 0.1) is 18.3 Å². The SMILES string of the molecule is CCN1C(=O)/C(=C/c2c(C)c(C#N)c(=O)n(C)c2N2CCN(CCO)CC2)SC1=S. The highest BCUT2D eigenvalue weighted by Crippen LogP contribution is 2.35. The number of hydrogen-bond donors (Lipinski definition) is 1. The Hall–Kier alpha value is -2.19. The Morgan fingerprint density at radius 1 is 1.27 bits per heavy atom. The van der Waals surface area contributed by atoms with Crippen molar-refractivity contribution in [2.45, 2.75) is 13.8 Å². The van der Waals surface area contributed by atoms with Crippen LogP contribution in [-0.2, 0) is 11.8 Å². The van der Waals surface area contributed by atoms with Crippen molar-refractivity contribution in [1.82, 2.24) is 14.4 Å². The summed E-state index contributed by atoms with van der Waals surface area (Å²) in [5.74, 6) is 0.542. The summed E-state index contributed by atoms with van der Waals surface area (Å²) in [6.07, 6.45) is 1.76. The van der Waals surface area contributed by atoms with Gasteiger partial charge in [-0.3, -0.25) is 24.0 Å². The molecule has 1 N–H and O–H groups in total. The Kier molecular flexibility index (Phi) is 6.98. The van der Waals surface area contributed by atoms with Gasteiger partial charge >= 0.3 is 0 Å². The fourth-order valence-electron chi connectivity index (χ4n) is 3.82. The lowest BCUT2D eigenvalue weighted by molar-refractivity contribution is -0.121. The Morgan fingerprint density at radius 2 is 1.93 bits per heavy atom. The molecule has 160 valence electrons. The summed E-state index contributed by atoms with van der Waals surface area (Å²) >= 11 is 6.56. The number of aliphatic hydroxyl groups is 1. The average Bonchev–Trinajstić information content (AvgIpc) is 3.00. The lowest BCUT2D eigenvalue weighted by atomic mass is 10.0. The molecule has 0 radical (unpaired) electrons. The van der Waals surface area contributed by atoms with Gasteiger partial charge in [-0.15, -0.1) is 0 Å². The molecule has 2 fully saturated rings. The van der Waals surface area contributed by atoms with E-state index in [1.165, 1.54) is 16.3 Å². The smallest absolute Gasteiger partial charge is 0.270 e. The molecule has 0 aromatic carbocycles. The topological polar surface area (TPSA) is 92.8 Å². The highest BCUT2D eigenvalue weighted by molar-refractivity contribution is 8.26. The summed E-state index contributed by atoms with van der Waals surface area (Å²) in [5.41, 5.74) is 0.995. The number of carbonyl (C=O) groups excluding carboxylic acids is 1. The first-order chi connectivity index (χ1) is 14.3. The number of aliphatic hydroxyl groups excluding tert-OH is 1. The van der Waals surface area contributed by atoms with Gasteiger partial charge < -0.3 is 10.0 Å². The van der Waals surface area contributed by atoms with Crippen LogP contribution >= 0.6 is 24.0 Å². The summed E-state index contributed by atoms with van der Waals surface area (Å²) in [4.78, 5) is 31.9. The second kappa shape index (κ2) is 9.31. The maximum Gasteiger partial charge on any atom is 0.270 e. The summed E-state index contributed by atoms with van der Waals surface area (Å²) in [6, 6.07) is 2.02. The maximum atomic E-state index is 12.8. The van der Waals surface area contributed by atoms with Crippen LogP contribution in [0.25, 0.3) is 6.08 Å². The van der Waals surface area contributed by atoms with Crippen molar-refractivity contribution in [3.8, 4) is 6.07 Å². The lowest BCUT2D eigenvalue weighted by Gasteiger charge is -2.37. The van der Waals surface area contributed by atoms with Gasteiger partial charge in [0.15, 0.2) is 0 Å². The summed E-state index contributed by atoms with van der Waals surface area (Å²) in [5, 5.41) is 18.7. The van der Waals surface area contributed by atoms with Crippen LogP contribution in [0.1, 0.15) is 23.6 Å². The number of carbonyl (C=O) groups is 1. The molecule has 1 aromatic heterocycles. The molecule has 0 bridgehead atoms. The molecule has 0 unspecified atom stereocenters. The van der Waals surface area contributed by atoms with E-state index in [0.29, 0.717) is 52.3 Å². The van der Waals surface area contributed by atoms with Crippen LogP contribution in [0.15, 0.2) is 9.70 Å². The second-order valence-electron chi connectivity index (χ2n) is 7.19. The molecule has 2 aliphatic rings. The highest BCUT2D eigenvalue weighted by Gasteiger charge is 2.32. The van der Waals surface area contributed by atoms with Crippen LogP contribution in [0.5, 0.6) is 0 Å². The van der Waals surface area contributed by atoms with Gasteiger partial charge in [-0.1, -0.05) is 24.0 Å². The van der Waals surface area contributed by atoms with E-state index in [1.807, 2.05) is 13.0 Å². The van der Waals surface area contributed by atoms with Crippen molar-refractivity contribution in [1.29, 1.82) is 5.26 Å². The Balaban J connectivity index is 2.11. The number of thiocarbonyl (C=S) groups is 1. The van der Waals surface area contributed by atoms with Crippen LogP contribution in [0.3, 0.4) is 0 Å². The normalized spacial score (nSPS) is 19.1. The monoisotopic (exact) mass is 447 g/mol. The zero-order valence-electron chi connectivity index (χ0n) is 17.3. The van der Waals surface area contributed by atoms with Gasteiger partial charge in [0, 0.05) is 51.9 Å². The number of thioether (sulfide) groups is 1. The first-order valence-electron chi connectivity index (χ1n) is 9.81. The Labute approximate surface area is 185 Å². The number of amides is 1. The number of β-amino-alcohol motifs (C(OH)–C–C–N with tert-alkyl or cyclic N) is 1. The predicted octanol–water partition coefficient (Wildman–Crippen LogP) is 0.901. The summed E-state index contributed by atoms with van der Waals surface area (Å²) in [7, 11) is 1.66. The third kappa shape index (κ3) is 4.03. The predicted molar refractivity (Wildman–Crippen MR) is 122 cm³/mol. The fraction of sp³-hybridized carbons (Fsp3) is 0.500. The number of likely N-dealkylation sites (N-methyl/N-ethyl adjacent to an activating group) is 1. The Morgan fingerprint density at radius 3 is 2.47 bits per heavy atom. The minimum Gasteiger partial charge on any atom is -0.395 e. The van der Waals surface area contributed by atoms with Gasteiger partial charge in [0.05, 0.1) is 11.5 Å².